The summed E-state index contributed by atoms with van der Waals surface area (Å²) in [5.41, 5.74) is 6.02. The lowest BCUT2D eigenvalue weighted by Crippen LogP contribution is -2.60. The molecule has 1 atom stereocenters. The fraction of sp³-hybridized carbons (Fsp3) is 0.357. The number of hydrogen-bond acceptors (Lipinski definition) is 5. The van der Waals surface area contributed by atoms with Gasteiger partial charge in [-0.3, -0.25) is 0 Å². The molecule has 2 rings (SSSR count). The van der Waals surface area contributed by atoms with Crippen molar-refractivity contribution in [2.24, 2.45) is 5.10 Å². The number of methoxy groups -OCH3 is 1. The van der Waals surface area contributed by atoms with Crippen LogP contribution in [0, 0.1) is 0 Å². The van der Waals surface area contributed by atoms with Crippen LogP contribution in [0.5, 0.6) is 0 Å². The number of carboxylic acid groups (broad SMARTS) is 1. The maximum atomic E-state index is 12.0. The smallest absolute Gasteiger partial charge is 0.464 e. The number of nitrogens with zero attached hydrogens (tertiary/aromatic N) is 2. The number of fused-ring (bicyclic) bond motifs is 1. The Hall–Kier alpha value is -2.41. The monoisotopic (exact) mass is 292 g/mol. The maximum Gasteiger partial charge on any atom is 0.546 e. The maximum absolute atomic E-state index is 12.0. The molecule has 0 saturated heterocycles. The minimum Gasteiger partial charge on any atom is -0.464 e. The summed E-state index contributed by atoms with van der Waals surface area (Å²) in [4.78, 5) is 23.9. The van der Waals surface area contributed by atoms with Crippen molar-refractivity contribution in [3.63, 3.8) is 0 Å². The van der Waals surface area contributed by atoms with Crippen LogP contribution in [0.3, 0.4) is 0 Å². The molecule has 21 heavy (non-hydrogen) atoms. The van der Waals surface area contributed by atoms with Gasteiger partial charge in [-0.2, -0.15) is 4.79 Å². The average molecular weight is 292 g/mol. The normalized spacial score (nSPS) is 20.7. The van der Waals surface area contributed by atoms with Crippen molar-refractivity contribution in [3.8, 4) is 0 Å². The van der Waals surface area contributed by atoms with Gasteiger partial charge in [-0.05, 0) is 26.8 Å². The van der Waals surface area contributed by atoms with Gasteiger partial charge in [-0.25, -0.2) is 4.79 Å². The Morgan fingerprint density at radius 2 is 1.95 bits per heavy atom. The van der Waals surface area contributed by atoms with Crippen LogP contribution in [0.25, 0.3) is 0 Å². The molecule has 0 radical (unpaired) electrons. The number of anilines is 1. The van der Waals surface area contributed by atoms with Crippen molar-refractivity contribution in [3.05, 3.63) is 23.8 Å². The van der Waals surface area contributed by atoms with E-state index in [1.165, 1.54) is 7.11 Å². The number of esters is 1. The second-order valence-corrected chi connectivity index (χ2v) is 5.77. The second kappa shape index (κ2) is 4.56. The Bertz CT molecular complexity index is 661. The lowest BCUT2D eigenvalue weighted by molar-refractivity contribution is -0.132. The summed E-state index contributed by atoms with van der Waals surface area (Å²) in [5, 5.41) is 14.0. The molecule has 1 amide bonds. The third kappa shape index (κ3) is 1.89. The van der Waals surface area contributed by atoms with E-state index in [9.17, 15) is 14.7 Å². The summed E-state index contributed by atoms with van der Waals surface area (Å²) in [5.74, 6) is -0.709. The molecule has 0 spiro atoms. The summed E-state index contributed by atoms with van der Waals surface area (Å²) in [6.07, 6.45) is -1.19. The predicted octanol–water partition coefficient (Wildman–Crippen LogP) is 1.94. The van der Waals surface area contributed by atoms with Gasteiger partial charge in [0.2, 0.25) is 5.71 Å². The largest absolute Gasteiger partial charge is 0.546 e. The van der Waals surface area contributed by atoms with E-state index in [1.807, 2.05) is 0 Å². The molecular formula is C14H18N3O4+. The standard InChI is InChI=1S/C14H17N3O4/c1-14(2,3)17(13(19)20)9-7-5-6-8(15)10(9)11(16-17)12(18)21-4/h5-7H,1-4H3,(H2-,15,16,19,20)/p+1. The Balaban J connectivity index is 2.88. The third-order valence-electron chi connectivity index (χ3n) is 3.54. The second-order valence-electron chi connectivity index (χ2n) is 5.77. The molecule has 0 aliphatic carbocycles. The first-order valence-electron chi connectivity index (χ1n) is 6.37. The van der Waals surface area contributed by atoms with E-state index in [0.717, 1.165) is 0 Å². The van der Waals surface area contributed by atoms with Crippen molar-refractivity contribution in [1.29, 1.82) is 0 Å². The van der Waals surface area contributed by atoms with Crippen molar-refractivity contribution in [2.45, 2.75) is 26.3 Å². The molecule has 1 aromatic rings. The van der Waals surface area contributed by atoms with Crippen LogP contribution in [0.4, 0.5) is 16.2 Å². The highest BCUT2D eigenvalue weighted by molar-refractivity contribution is 6.47. The highest BCUT2D eigenvalue weighted by Gasteiger charge is 2.58. The Morgan fingerprint density at radius 3 is 2.43 bits per heavy atom. The molecule has 1 aliphatic heterocycles. The first-order chi connectivity index (χ1) is 9.66. The number of hydrogen-bond donors (Lipinski definition) is 2. The Morgan fingerprint density at radius 1 is 1.33 bits per heavy atom. The van der Waals surface area contributed by atoms with E-state index in [1.54, 1.807) is 39.0 Å². The van der Waals surface area contributed by atoms with Crippen LogP contribution in [0.1, 0.15) is 26.3 Å². The summed E-state index contributed by atoms with van der Waals surface area (Å²) in [7, 11) is 1.22. The molecule has 7 nitrogen and oxygen atoms in total. The van der Waals surface area contributed by atoms with Gasteiger partial charge in [0.05, 0.1) is 7.11 Å². The zero-order chi connectivity index (χ0) is 16.0. The van der Waals surface area contributed by atoms with Gasteiger partial charge in [0.25, 0.3) is 0 Å². The summed E-state index contributed by atoms with van der Waals surface area (Å²) in [6.45, 7) is 5.20. The molecule has 0 bridgehead atoms. The molecule has 112 valence electrons. The van der Waals surface area contributed by atoms with E-state index in [-0.39, 0.29) is 5.71 Å². The number of nitrogens with two attached hydrogens (primary N) is 1. The topological polar surface area (TPSA) is 102 Å². The number of carbonyl (C=O) groups is 2. The van der Waals surface area contributed by atoms with E-state index >= 15 is 0 Å². The average Bonchev–Trinajstić information content (AvgIpc) is 2.75. The van der Waals surface area contributed by atoms with Crippen molar-refractivity contribution in [2.75, 3.05) is 12.8 Å². The first-order valence-corrected chi connectivity index (χ1v) is 6.37. The number of carbonyl (C=O) groups excluding carboxylic acids is 1. The number of ether oxygens (including phenoxy) is 1. The van der Waals surface area contributed by atoms with Crippen molar-refractivity contribution >= 4 is 29.1 Å². The number of amides is 1. The predicted molar refractivity (Wildman–Crippen MR) is 79.0 cm³/mol. The van der Waals surface area contributed by atoms with Crippen LogP contribution in [-0.2, 0) is 9.53 Å². The zero-order valence-electron chi connectivity index (χ0n) is 12.4. The Labute approximate surface area is 122 Å². The van der Waals surface area contributed by atoms with E-state index in [2.05, 4.69) is 5.10 Å². The van der Waals surface area contributed by atoms with Crippen molar-refractivity contribution in [1.82, 2.24) is 4.59 Å². The number of nitrogen functional groups attached to an aromatic ring is 1. The molecule has 0 saturated carbocycles. The van der Waals surface area contributed by atoms with Gasteiger partial charge in [0, 0.05) is 11.8 Å². The third-order valence-corrected chi connectivity index (χ3v) is 3.54. The lowest BCUT2D eigenvalue weighted by Gasteiger charge is -2.35. The minimum absolute atomic E-state index is 0.0667. The highest BCUT2D eigenvalue weighted by atomic mass is 16.5. The highest BCUT2D eigenvalue weighted by Crippen LogP contribution is 2.44. The molecular weight excluding hydrogens is 274 g/mol. The lowest BCUT2D eigenvalue weighted by atomic mass is 10.0. The van der Waals surface area contributed by atoms with E-state index < -0.39 is 22.2 Å². The molecule has 0 aromatic heterocycles. The van der Waals surface area contributed by atoms with E-state index in [0.29, 0.717) is 16.9 Å². The van der Waals surface area contributed by atoms with Gasteiger partial charge in [0.1, 0.15) is 11.1 Å². The summed E-state index contributed by atoms with van der Waals surface area (Å²) in [6, 6.07) is 4.86. The number of benzene rings is 1. The first kappa shape index (κ1) is 15.0. The van der Waals surface area contributed by atoms with Crippen LogP contribution in [0.15, 0.2) is 23.3 Å². The molecule has 7 heteroatoms. The minimum atomic E-state index is -1.19. The molecule has 1 unspecified atom stereocenters. The Kier molecular flexibility index (Phi) is 3.25. The van der Waals surface area contributed by atoms with Crippen LogP contribution in [-0.4, -0.2) is 35.5 Å². The fourth-order valence-electron chi connectivity index (χ4n) is 2.52. The summed E-state index contributed by atoms with van der Waals surface area (Å²) >= 11 is 0. The quantitative estimate of drug-likeness (QED) is 0.468. The number of rotatable bonds is 1. The van der Waals surface area contributed by atoms with Crippen molar-refractivity contribution < 1.29 is 19.4 Å². The van der Waals surface area contributed by atoms with Crippen LogP contribution < -0.4 is 10.3 Å². The molecule has 1 aromatic carbocycles. The number of quaternary nitrogens is 1. The van der Waals surface area contributed by atoms with Gasteiger partial charge in [0.15, 0.2) is 5.69 Å². The van der Waals surface area contributed by atoms with Gasteiger partial charge in [-0.15, -0.1) is 0 Å². The fourth-order valence-corrected chi connectivity index (χ4v) is 2.52. The van der Waals surface area contributed by atoms with Crippen LogP contribution in [0.2, 0.25) is 0 Å². The summed E-state index contributed by atoms with van der Waals surface area (Å²) < 4.78 is 3.95. The molecule has 1 heterocycles. The van der Waals surface area contributed by atoms with Gasteiger partial charge < -0.3 is 15.6 Å². The molecule has 3 N–H and O–H groups in total. The van der Waals surface area contributed by atoms with Gasteiger partial charge in [-0.1, -0.05) is 15.8 Å². The van der Waals surface area contributed by atoms with Gasteiger partial charge >= 0.3 is 12.1 Å². The molecule has 1 aliphatic rings. The van der Waals surface area contributed by atoms with Crippen LogP contribution >= 0.6 is 0 Å². The SMILES string of the molecule is COC(=O)C1=N[N+](C(=O)O)(C(C)(C)C)c2cccc(N)c21. The zero-order valence-corrected chi connectivity index (χ0v) is 12.4. The van der Waals surface area contributed by atoms with E-state index in [4.69, 9.17) is 10.5 Å². The molecule has 0 fully saturated rings.